The number of nitrogens with one attached hydrogen (secondary N) is 1. The molecule has 0 amide bonds. The van der Waals surface area contributed by atoms with Gasteiger partial charge in [0.2, 0.25) is 0 Å². The lowest BCUT2D eigenvalue weighted by Crippen LogP contribution is -2.25. The number of hydrogen-bond donors (Lipinski definition) is 1. The second-order valence-corrected chi connectivity index (χ2v) is 6.25. The van der Waals surface area contributed by atoms with E-state index in [9.17, 15) is 0 Å². The molecule has 1 saturated carbocycles. The first-order chi connectivity index (χ1) is 9.06. The molecule has 2 nitrogen and oxygen atoms in total. The van der Waals surface area contributed by atoms with Gasteiger partial charge in [0.1, 0.15) is 5.75 Å². The fraction of sp³-hybridized carbons (Fsp3) is 0.600. The normalized spacial score (nSPS) is 16.3. The molecule has 0 aromatic heterocycles. The Hall–Kier alpha value is -0.440. The summed E-state index contributed by atoms with van der Waals surface area (Å²) < 4.78 is 5.82. The summed E-state index contributed by atoms with van der Waals surface area (Å²) in [6, 6.07) is 4.29. The van der Waals surface area contributed by atoms with E-state index in [0.717, 1.165) is 17.9 Å². The Labute approximate surface area is 125 Å². The second-order valence-electron chi connectivity index (χ2n) is 5.40. The van der Waals surface area contributed by atoms with Crippen molar-refractivity contribution in [1.29, 1.82) is 0 Å². The van der Waals surface area contributed by atoms with Crippen LogP contribution in [0.5, 0.6) is 5.75 Å². The van der Waals surface area contributed by atoms with Crippen molar-refractivity contribution in [2.24, 2.45) is 0 Å². The molecule has 0 saturated heterocycles. The molecule has 2 rings (SSSR count). The van der Waals surface area contributed by atoms with Crippen LogP contribution in [0.3, 0.4) is 0 Å². The Morgan fingerprint density at radius 1 is 1.26 bits per heavy atom. The minimum atomic E-state index is 0.101. The summed E-state index contributed by atoms with van der Waals surface area (Å²) >= 11 is 12.3. The first kappa shape index (κ1) is 15.0. The van der Waals surface area contributed by atoms with Crippen LogP contribution in [0.1, 0.15) is 45.1 Å². The average Bonchev–Trinajstić information content (AvgIpc) is 2.83. The van der Waals surface area contributed by atoms with Gasteiger partial charge in [-0.1, -0.05) is 36.0 Å². The summed E-state index contributed by atoms with van der Waals surface area (Å²) in [4.78, 5) is 0. The molecule has 0 bridgehead atoms. The summed E-state index contributed by atoms with van der Waals surface area (Å²) in [5.74, 6) is 0.756. The van der Waals surface area contributed by atoms with Gasteiger partial charge < -0.3 is 10.1 Å². The van der Waals surface area contributed by atoms with Gasteiger partial charge in [0.05, 0.1) is 11.1 Å². The van der Waals surface area contributed by atoms with Crippen LogP contribution < -0.4 is 10.1 Å². The monoisotopic (exact) mass is 301 g/mol. The van der Waals surface area contributed by atoms with E-state index in [2.05, 4.69) is 5.32 Å². The fourth-order valence-corrected chi connectivity index (χ4v) is 3.08. The van der Waals surface area contributed by atoms with Crippen molar-refractivity contribution < 1.29 is 4.74 Å². The number of rotatable bonds is 5. The number of hydrogen-bond acceptors (Lipinski definition) is 2. The molecule has 1 fully saturated rings. The lowest BCUT2D eigenvalue weighted by Gasteiger charge is -2.18. The van der Waals surface area contributed by atoms with Gasteiger partial charge in [-0.2, -0.15) is 0 Å². The molecule has 1 aromatic rings. The third kappa shape index (κ3) is 4.27. The molecule has 0 unspecified atom stereocenters. The molecule has 1 N–H and O–H groups in total. The summed E-state index contributed by atoms with van der Waals surface area (Å²) in [7, 11) is 0. The Balaban J connectivity index is 2.11. The molecule has 0 heterocycles. The van der Waals surface area contributed by atoms with E-state index in [-0.39, 0.29) is 6.10 Å². The summed E-state index contributed by atoms with van der Waals surface area (Å²) in [5, 5.41) is 4.81. The number of benzene rings is 1. The topological polar surface area (TPSA) is 21.3 Å². The number of halogens is 2. The van der Waals surface area contributed by atoms with E-state index in [4.69, 9.17) is 27.9 Å². The van der Waals surface area contributed by atoms with Gasteiger partial charge >= 0.3 is 0 Å². The Morgan fingerprint density at radius 3 is 2.58 bits per heavy atom. The quantitative estimate of drug-likeness (QED) is 0.842. The van der Waals surface area contributed by atoms with Crippen LogP contribution >= 0.6 is 23.2 Å². The highest BCUT2D eigenvalue weighted by Crippen LogP contribution is 2.33. The minimum Gasteiger partial charge on any atom is -0.489 e. The molecule has 4 heteroatoms. The van der Waals surface area contributed by atoms with E-state index in [0.29, 0.717) is 16.1 Å². The van der Waals surface area contributed by atoms with E-state index < -0.39 is 0 Å². The van der Waals surface area contributed by atoms with Gasteiger partial charge in [-0.15, -0.1) is 0 Å². The van der Waals surface area contributed by atoms with E-state index in [1.807, 2.05) is 19.9 Å². The van der Waals surface area contributed by atoms with Crippen molar-refractivity contribution in [3.8, 4) is 5.75 Å². The first-order valence-electron chi connectivity index (χ1n) is 6.94. The molecule has 1 aliphatic carbocycles. The standard InChI is InChI=1S/C15H21Cl2NO/c1-10(2)19-15-11(7-12(16)8-14(15)17)9-18-13-5-3-4-6-13/h7-8,10,13,18H,3-6,9H2,1-2H3. The first-order valence-corrected chi connectivity index (χ1v) is 7.70. The van der Waals surface area contributed by atoms with Crippen molar-refractivity contribution in [3.63, 3.8) is 0 Å². The zero-order chi connectivity index (χ0) is 13.8. The van der Waals surface area contributed by atoms with Gasteiger partial charge in [-0.25, -0.2) is 0 Å². The molecule has 106 valence electrons. The summed E-state index contributed by atoms with van der Waals surface area (Å²) in [5.41, 5.74) is 1.04. The lowest BCUT2D eigenvalue weighted by molar-refractivity contribution is 0.239. The smallest absolute Gasteiger partial charge is 0.142 e. The zero-order valence-electron chi connectivity index (χ0n) is 11.5. The highest BCUT2D eigenvalue weighted by molar-refractivity contribution is 6.35. The maximum Gasteiger partial charge on any atom is 0.142 e. The largest absolute Gasteiger partial charge is 0.489 e. The summed E-state index contributed by atoms with van der Waals surface area (Å²) in [6.45, 7) is 4.76. The second kappa shape index (κ2) is 6.83. The van der Waals surface area contributed by atoms with Gasteiger partial charge in [-0.05, 0) is 38.8 Å². The predicted molar refractivity (Wildman–Crippen MR) is 81.3 cm³/mol. The van der Waals surface area contributed by atoms with Crippen LogP contribution in [0.4, 0.5) is 0 Å². The van der Waals surface area contributed by atoms with Crippen molar-refractivity contribution in [2.45, 2.75) is 58.2 Å². The van der Waals surface area contributed by atoms with E-state index in [1.165, 1.54) is 25.7 Å². The lowest BCUT2D eigenvalue weighted by atomic mass is 10.1. The maximum atomic E-state index is 6.24. The predicted octanol–water partition coefficient (Wildman–Crippen LogP) is 4.81. The molecular weight excluding hydrogens is 281 g/mol. The van der Waals surface area contributed by atoms with Crippen LogP contribution in [-0.2, 0) is 6.54 Å². The zero-order valence-corrected chi connectivity index (χ0v) is 13.0. The van der Waals surface area contributed by atoms with Crippen LogP contribution in [0.25, 0.3) is 0 Å². The Morgan fingerprint density at radius 2 is 1.95 bits per heavy atom. The van der Waals surface area contributed by atoms with Crippen LogP contribution in [0, 0.1) is 0 Å². The van der Waals surface area contributed by atoms with Gasteiger partial charge in [0.15, 0.2) is 0 Å². The van der Waals surface area contributed by atoms with Crippen LogP contribution in [-0.4, -0.2) is 12.1 Å². The molecule has 0 spiro atoms. The third-order valence-electron chi connectivity index (χ3n) is 3.38. The van der Waals surface area contributed by atoms with Gasteiger partial charge in [0.25, 0.3) is 0 Å². The fourth-order valence-electron chi connectivity index (χ4n) is 2.50. The minimum absolute atomic E-state index is 0.101. The Kier molecular flexibility index (Phi) is 5.37. The van der Waals surface area contributed by atoms with Crippen LogP contribution in [0.15, 0.2) is 12.1 Å². The van der Waals surface area contributed by atoms with Crippen molar-refractivity contribution in [3.05, 3.63) is 27.7 Å². The molecule has 1 aliphatic rings. The summed E-state index contributed by atoms with van der Waals surface area (Å²) in [6.07, 6.45) is 5.26. The third-order valence-corrected chi connectivity index (χ3v) is 3.87. The number of ether oxygens (including phenoxy) is 1. The van der Waals surface area contributed by atoms with Crippen molar-refractivity contribution in [1.82, 2.24) is 5.32 Å². The van der Waals surface area contributed by atoms with Gasteiger partial charge in [0, 0.05) is 23.2 Å². The molecule has 0 aliphatic heterocycles. The van der Waals surface area contributed by atoms with Gasteiger partial charge in [-0.3, -0.25) is 0 Å². The molecule has 19 heavy (non-hydrogen) atoms. The highest BCUT2D eigenvalue weighted by atomic mass is 35.5. The van der Waals surface area contributed by atoms with E-state index in [1.54, 1.807) is 6.07 Å². The van der Waals surface area contributed by atoms with Crippen LogP contribution in [0.2, 0.25) is 10.0 Å². The molecule has 0 atom stereocenters. The molecule has 1 aromatic carbocycles. The van der Waals surface area contributed by atoms with Crippen molar-refractivity contribution in [2.75, 3.05) is 0 Å². The average molecular weight is 302 g/mol. The highest BCUT2D eigenvalue weighted by Gasteiger charge is 2.17. The van der Waals surface area contributed by atoms with Crippen molar-refractivity contribution >= 4 is 23.2 Å². The Bertz CT molecular complexity index is 428. The van der Waals surface area contributed by atoms with E-state index >= 15 is 0 Å². The molecular formula is C15H21Cl2NO. The molecule has 0 radical (unpaired) electrons. The SMILES string of the molecule is CC(C)Oc1c(Cl)cc(Cl)cc1CNC1CCCC1. The maximum absolute atomic E-state index is 6.24.